The Morgan fingerprint density at radius 2 is 1.61 bits per heavy atom. The monoisotopic (exact) mass is 722 g/mol. The highest BCUT2D eigenvalue weighted by Crippen LogP contribution is 2.46. The van der Waals surface area contributed by atoms with Crippen molar-refractivity contribution in [2.75, 3.05) is 6.54 Å². The number of carbonyl (C=O) groups excluding carboxylic acids is 5. The molecular formula is C36H46N6O8S. The number of nitrogens with zero attached hydrogens (tertiary/aromatic N) is 2. The minimum atomic E-state index is -3.89. The molecule has 51 heavy (non-hydrogen) atoms. The fourth-order valence-electron chi connectivity index (χ4n) is 7.69. The SMILES string of the molecule is O=C(NC1CCCC1)NC1CCCCC/C=C\C2CC2(C(=O)NS(=O)(=O)C2CC2)NC(=O)C2CC(OC(=O)n3cc4ccccc4c3)CN2C1=O. The van der Waals surface area contributed by atoms with Crippen LogP contribution in [-0.2, 0) is 29.1 Å². The van der Waals surface area contributed by atoms with Crippen LogP contribution in [0.5, 0.6) is 0 Å². The Labute approximate surface area is 297 Å². The maximum absolute atomic E-state index is 14.4. The van der Waals surface area contributed by atoms with Gasteiger partial charge in [0.15, 0.2) is 0 Å². The van der Waals surface area contributed by atoms with E-state index in [1.54, 1.807) is 12.4 Å². The molecule has 5 unspecified atom stereocenters. The molecule has 1 aromatic heterocycles. The van der Waals surface area contributed by atoms with Gasteiger partial charge in [-0.25, -0.2) is 18.0 Å². The molecule has 7 rings (SSSR count). The van der Waals surface area contributed by atoms with Crippen molar-refractivity contribution in [3.63, 3.8) is 0 Å². The molecule has 1 aromatic carbocycles. The van der Waals surface area contributed by atoms with Gasteiger partial charge >= 0.3 is 12.1 Å². The summed E-state index contributed by atoms with van der Waals surface area (Å²) in [5, 5.41) is 9.73. The number of benzene rings is 1. The maximum atomic E-state index is 14.4. The van der Waals surface area contributed by atoms with Crippen LogP contribution >= 0.6 is 0 Å². The van der Waals surface area contributed by atoms with Gasteiger partial charge in [0.2, 0.25) is 21.8 Å². The molecule has 4 N–H and O–H groups in total. The van der Waals surface area contributed by atoms with Crippen LogP contribution < -0.4 is 20.7 Å². The van der Waals surface area contributed by atoms with Crippen molar-refractivity contribution >= 4 is 50.6 Å². The third-order valence-electron chi connectivity index (χ3n) is 10.9. The van der Waals surface area contributed by atoms with Crippen molar-refractivity contribution in [1.82, 2.24) is 30.1 Å². The lowest BCUT2D eigenvalue weighted by Gasteiger charge is -2.30. The number of carbonyl (C=O) groups is 5. The summed E-state index contributed by atoms with van der Waals surface area (Å²) >= 11 is 0. The lowest BCUT2D eigenvalue weighted by Crippen LogP contribution is -2.59. The number of fused-ring (bicyclic) bond motifs is 3. The van der Waals surface area contributed by atoms with Gasteiger partial charge in [-0.1, -0.05) is 62.1 Å². The summed E-state index contributed by atoms with van der Waals surface area (Å²) in [4.78, 5) is 69.9. The van der Waals surface area contributed by atoms with E-state index in [-0.39, 0.29) is 25.4 Å². The second-order valence-electron chi connectivity index (χ2n) is 14.7. The lowest BCUT2D eigenvalue weighted by atomic mass is 10.0. The number of nitrogens with one attached hydrogen (secondary N) is 4. The number of hydrogen-bond donors (Lipinski definition) is 4. The maximum Gasteiger partial charge on any atom is 0.418 e. The number of sulfonamides is 1. The van der Waals surface area contributed by atoms with Crippen LogP contribution in [-0.4, -0.2) is 89.3 Å². The van der Waals surface area contributed by atoms with Crippen LogP contribution in [0.3, 0.4) is 0 Å². The van der Waals surface area contributed by atoms with Crippen LogP contribution in [0.2, 0.25) is 0 Å². The summed E-state index contributed by atoms with van der Waals surface area (Å²) in [6.45, 7) is -0.107. The average molecular weight is 723 g/mol. The third kappa shape index (κ3) is 7.77. The fourth-order valence-corrected chi connectivity index (χ4v) is 9.06. The molecule has 15 heteroatoms. The number of allylic oxidation sites excluding steroid dienone is 1. The second kappa shape index (κ2) is 14.3. The normalized spacial score (nSPS) is 29.5. The van der Waals surface area contributed by atoms with Gasteiger partial charge < -0.3 is 25.6 Å². The molecule has 5 aliphatic rings. The number of amides is 5. The highest BCUT2D eigenvalue weighted by atomic mass is 32.2. The molecule has 0 radical (unpaired) electrons. The van der Waals surface area contributed by atoms with Crippen molar-refractivity contribution in [2.45, 2.75) is 118 Å². The minimum Gasteiger partial charge on any atom is -0.444 e. The second-order valence-corrected chi connectivity index (χ2v) is 16.7. The number of ether oxygens (including phenoxy) is 1. The zero-order chi connectivity index (χ0) is 35.8. The zero-order valence-electron chi connectivity index (χ0n) is 28.6. The zero-order valence-corrected chi connectivity index (χ0v) is 29.4. The Morgan fingerprint density at radius 1 is 0.902 bits per heavy atom. The summed E-state index contributed by atoms with van der Waals surface area (Å²) in [6, 6.07) is 4.94. The molecule has 0 bridgehead atoms. The number of rotatable bonds is 6. The molecule has 5 amide bonds. The molecule has 5 atom stereocenters. The molecule has 274 valence electrons. The van der Waals surface area contributed by atoms with Gasteiger partial charge in [-0.05, 0) is 62.1 Å². The van der Waals surface area contributed by atoms with Crippen molar-refractivity contribution in [3.8, 4) is 0 Å². The van der Waals surface area contributed by atoms with Gasteiger partial charge in [0, 0.05) is 30.8 Å². The average Bonchev–Trinajstić information content (AvgIpc) is 3.88. The van der Waals surface area contributed by atoms with Crippen molar-refractivity contribution < 1.29 is 37.1 Å². The molecule has 3 aliphatic carbocycles. The fraction of sp³-hybridized carbons (Fsp3) is 0.583. The summed E-state index contributed by atoms with van der Waals surface area (Å²) in [6.07, 6.45) is 13.7. The third-order valence-corrected chi connectivity index (χ3v) is 12.7. The van der Waals surface area contributed by atoms with Crippen molar-refractivity contribution in [1.29, 1.82) is 0 Å². The lowest BCUT2D eigenvalue weighted by molar-refractivity contribution is -0.141. The Kier molecular flexibility index (Phi) is 9.83. The van der Waals surface area contributed by atoms with Gasteiger partial charge in [-0.2, -0.15) is 0 Å². The van der Waals surface area contributed by atoms with Crippen LogP contribution in [0.1, 0.15) is 83.5 Å². The van der Waals surface area contributed by atoms with E-state index in [1.165, 1.54) is 9.47 Å². The van der Waals surface area contributed by atoms with Crippen LogP contribution in [0.4, 0.5) is 9.59 Å². The van der Waals surface area contributed by atoms with Crippen LogP contribution in [0.25, 0.3) is 10.8 Å². The summed E-state index contributed by atoms with van der Waals surface area (Å²) in [5.74, 6) is -2.38. The van der Waals surface area contributed by atoms with E-state index in [2.05, 4.69) is 20.7 Å². The molecular weight excluding hydrogens is 676 g/mol. The van der Waals surface area contributed by atoms with Crippen LogP contribution in [0, 0.1) is 5.92 Å². The Bertz CT molecular complexity index is 1800. The van der Waals surface area contributed by atoms with E-state index in [9.17, 15) is 32.4 Å². The smallest absolute Gasteiger partial charge is 0.418 e. The Hall–Kier alpha value is -4.40. The van der Waals surface area contributed by atoms with E-state index >= 15 is 0 Å². The van der Waals surface area contributed by atoms with Gasteiger partial charge in [0.05, 0.1) is 11.8 Å². The molecule has 4 fully saturated rings. The summed E-state index contributed by atoms with van der Waals surface area (Å²) < 4.78 is 34.9. The molecule has 14 nitrogen and oxygen atoms in total. The standard InChI is InChI=1S/C36H46N6O8S/c43-31-30-18-27(50-35(47)41-20-23-10-6-7-11-24(23)21-41)22-42(30)32(44)29(38-34(46)37-26-13-8-9-14-26)15-5-3-1-2-4-12-25-19-36(25,39-31)33(45)40-51(48,49)28-16-17-28/h4,6-7,10-12,20-21,25-30H,1-3,5,8-9,13-19,22H2,(H,39,43)(H,40,45)(H2,37,38,46)/b12-4-. The van der Waals surface area contributed by atoms with Gasteiger partial charge in [0.25, 0.3) is 5.91 Å². The first-order chi connectivity index (χ1) is 24.5. The van der Waals surface area contributed by atoms with E-state index in [0.717, 1.165) is 49.3 Å². The first-order valence-corrected chi connectivity index (χ1v) is 19.8. The molecule has 3 heterocycles. The molecule has 2 aromatic rings. The largest absolute Gasteiger partial charge is 0.444 e. The molecule has 2 aliphatic heterocycles. The first-order valence-electron chi connectivity index (χ1n) is 18.2. The molecule has 0 spiro atoms. The predicted molar refractivity (Wildman–Crippen MR) is 187 cm³/mol. The van der Waals surface area contributed by atoms with E-state index < -0.39 is 74.8 Å². The Morgan fingerprint density at radius 3 is 2.31 bits per heavy atom. The van der Waals surface area contributed by atoms with Gasteiger partial charge in [0.1, 0.15) is 23.7 Å². The minimum absolute atomic E-state index is 0.0335. The highest BCUT2D eigenvalue weighted by molar-refractivity contribution is 7.91. The topological polar surface area (TPSA) is 185 Å². The first kappa shape index (κ1) is 35.0. The molecule has 3 saturated carbocycles. The van der Waals surface area contributed by atoms with E-state index in [0.29, 0.717) is 32.1 Å². The number of hydrogen-bond acceptors (Lipinski definition) is 8. The van der Waals surface area contributed by atoms with Crippen molar-refractivity contribution in [3.05, 3.63) is 48.8 Å². The van der Waals surface area contributed by atoms with E-state index in [4.69, 9.17) is 4.74 Å². The number of aromatic nitrogens is 1. The van der Waals surface area contributed by atoms with E-state index in [1.807, 2.05) is 36.4 Å². The van der Waals surface area contributed by atoms with Crippen molar-refractivity contribution in [2.24, 2.45) is 5.92 Å². The predicted octanol–water partition coefficient (Wildman–Crippen LogP) is 3.21. The van der Waals surface area contributed by atoms with Gasteiger partial charge in [-0.3, -0.25) is 23.7 Å². The van der Waals surface area contributed by atoms with Crippen LogP contribution in [0.15, 0.2) is 48.8 Å². The highest BCUT2D eigenvalue weighted by Gasteiger charge is 2.62. The summed E-state index contributed by atoms with van der Waals surface area (Å²) in [5.41, 5.74) is -1.51. The quantitative estimate of drug-likeness (QED) is 0.328. The number of urea groups is 1. The van der Waals surface area contributed by atoms with Gasteiger partial charge in [-0.15, -0.1) is 0 Å². The molecule has 1 saturated heterocycles. The summed E-state index contributed by atoms with van der Waals surface area (Å²) in [7, 11) is -3.89. The Balaban J connectivity index is 1.14.